The summed E-state index contributed by atoms with van der Waals surface area (Å²) in [4.78, 5) is 17.3. The van der Waals surface area contributed by atoms with Crippen molar-refractivity contribution in [2.75, 3.05) is 46.0 Å². The van der Waals surface area contributed by atoms with Gasteiger partial charge in [-0.05, 0) is 76.6 Å². The molecule has 1 saturated carbocycles. The molecule has 1 spiro atoms. The molecule has 3 aliphatic heterocycles. The Morgan fingerprint density at radius 2 is 1.91 bits per heavy atom. The number of para-hydroxylation sites is 1. The molecule has 1 aliphatic carbocycles. The maximum absolute atomic E-state index is 12.5. The van der Waals surface area contributed by atoms with E-state index in [-0.39, 0.29) is 5.92 Å². The first-order valence-corrected chi connectivity index (χ1v) is 12.9. The highest BCUT2D eigenvalue weighted by Crippen LogP contribution is 2.48. The lowest BCUT2D eigenvalue weighted by Crippen LogP contribution is -2.61. The molecule has 6 heteroatoms. The molecule has 6 nitrogen and oxygen atoms in total. The number of hydrogen-bond acceptors (Lipinski definition) is 5. The molecule has 0 unspecified atom stereocenters. The standard InChI is InChI=1S/C27H40N2O4/c1-26(2,31)11-14-33-24-6-4-3-5-23(24)20-8-12-28(13-9-20)22-7-10-27(15-22)18-29(19-27)25(30)21-16-32-17-21/h3-6,20-22,31H,7-19H2,1-2H3/t22-/m1/s1. The number of carbonyl (C=O) groups excluding carboxylic acids is 1. The molecular weight excluding hydrogens is 416 g/mol. The summed E-state index contributed by atoms with van der Waals surface area (Å²) in [5.74, 6) is 1.97. The minimum absolute atomic E-state index is 0.126. The third-order valence-corrected chi connectivity index (χ3v) is 8.40. The molecule has 1 N–H and O–H groups in total. The van der Waals surface area contributed by atoms with Gasteiger partial charge in [-0.15, -0.1) is 0 Å². The summed E-state index contributed by atoms with van der Waals surface area (Å²) in [5, 5.41) is 9.98. The Labute approximate surface area is 198 Å². The molecule has 182 valence electrons. The van der Waals surface area contributed by atoms with Gasteiger partial charge in [0.15, 0.2) is 0 Å². The van der Waals surface area contributed by atoms with Crippen molar-refractivity contribution < 1.29 is 19.4 Å². The highest BCUT2D eigenvalue weighted by atomic mass is 16.5. The number of aliphatic hydroxyl groups is 1. The number of hydrogen-bond donors (Lipinski definition) is 1. The summed E-state index contributed by atoms with van der Waals surface area (Å²) in [7, 11) is 0. The predicted molar refractivity (Wildman–Crippen MR) is 127 cm³/mol. The SMILES string of the molecule is CC(C)(O)CCOc1ccccc1C1CCN([C@@H]2CCC3(C2)CN(C(=O)C2COC2)C3)CC1. The van der Waals surface area contributed by atoms with Crippen molar-refractivity contribution >= 4 is 5.91 Å². The molecule has 0 radical (unpaired) electrons. The Hall–Kier alpha value is -1.63. The Morgan fingerprint density at radius 1 is 1.18 bits per heavy atom. The van der Waals surface area contributed by atoms with Crippen LogP contribution in [0.25, 0.3) is 0 Å². The molecule has 1 aromatic carbocycles. The smallest absolute Gasteiger partial charge is 0.230 e. The van der Waals surface area contributed by atoms with Crippen molar-refractivity contribution in [2.24, 2.45) is 11.3 Å². The minimum Gasteiger partial charge on any atom is -0.493 e. The van der Waals surface area contributed by atoms with Gasteiger partial charge in [0, 0.05) is 31.0 Å². The highest BCUT2D eigenvalue weighted by Gasteiger charge is 2.52. The van der Waals surface area contributed by atoms with Crippen LogP contribution < -0.4 is 4.74 Å². The Kier molecular flexibility index (Phi) is 6.45. The van der Waals surface area contributed by atoms with Gasteiger partial charge in [-0.3, -0.25) is 4.79 Å². The van der Waals surface area contributed by atoms with E-state index in [4.69, 9.17) is 9.47 Å². The zero-order valence-corrected chi connectivity index (χ0v) is 20.3. The maximum atomic E-state index is 12.5. The second kappa shape index (κ2) is 9.20. The molecule has 3 saturated heterocycles. The molecule has 4 aliphatic rings. The lowest BCUT2D eigenvalue weighted by molar-refractivity contribution is -0.161. The summed E-state index contributed by atoms with van der Waals surface area (Å²) in [6.07, 6.45) is 6.75. The third kappa shape index (κ3) is 5.08. The van der Waals surface area contributed by atoms with E-state index in [1.807, 2.05) is 19.9 Å². The average molecular weight is 457 g/mol. The molecule has 1 amide bonds. The van der Waals surface area contributed by atoms with Crippen molar-refractivity contribution in [1.29, 1.82) is 0 Å². The zero-order chi connectivity index (χ0) is 23.1. The number of likely N-dealkylation sites (tertiary alicyclic amines) is 2. The van der Waals surface area contributed by atoms with E-state index in [0.29, 0.717) is 49.5 Å². The first-order chi connectivity index (χ1) is 15.8. The lowest BCUT2D eigenvalue weighted by Gasteiger charge is -2.50. The van der Waals surface area contributed by atoms with Crippen LogP contribution in [0.5, 0.6) is 5.75 Å². The van der Waals surface area contributed by atoms with Gasteiger partial charge in [-0.1, -0.05) is 18.2 Å². The number of rotatable bonds is 7. The van der Waals surface area contributed by atoms with E-state index in [1.54, 1.807) is 0 Å². The van der Waals surface area contributed by atoms with E-state index in [1.165, 1.54) is 37.7 Å². The molecule has 33 heavy (non-hydrogen) atoms. The van der Waals surface area contributed by atoms with Gasteiger partial charge in [-0.25, -0.2) is 0 Å². The van der Waals surface area contributed by atoms with Gasteiger partial charge in [0.05, 0.1) is 31.3 Å². The number of nitrogens with zero attached hydrogens (tertiary/aromatic N) is 2. The fourth-order valence-electron chi connectivity index (χ4n) is 6.27. The van der Waals surface area contributed by atoms with Crippen LogP contribution in [0.2, 0.25) is 0 Å². The van der Waals surface area contributed by atoms with Crippen LogP contribution in [-0.2, 0) is 9.53 Å². The van der Waals surface area contributed by atoms with Crippen molar-refractivity contribution in [3.8, 4) is 5.75 Å². The van der Waals surface area contributed by atoms with Crippen LogP contribution in [0.1, 0.15) is 63.9 Å². The summed E-state index contributed by atoms with van der Waals surface area (Å²) < 4.78 is 11.3. The summed E-state index contributed by atoms with van der Waals surface area (Å²) in [6.45, 7) is 9.64. The molecular formula is C27H40N2O4. The van der Waals surface area contributed by atoms with Crippen molar-refractivity contribution in [3.05, 3.63) is 29.8 Å². The molecule has 5 rings (SSSR count). The molecule has 4 fully saturated rings. The minimum atomic E-state index is -0.699. The number of benzene rings is 1. The number of ether oxygens (including phenoxy) is 2. The van der Waals surface area contributed by atoms with Gasteiger partial charge < -0.3 is 24.4 Å². The first kappa shape index (κ1) is 23.1. The predicted octanol–water partition coefficient (Wildman–Crippen LogP) is 3.43. The quantitative estimate of drug-likeness (QED) is 0.681. The topological polar surface area (TPSA) is 62.2 Å². The van der Waals surface area contributed by atoms with Crippen LogP contribution in [0.3, 0.4) is 0 Å². The maximum Gasteiger partial charge on any atom is 0.230 e. The van der Waals surface area contributed by atoms with Crippen LogP contribution in [0, 0.1) is 11.3 Å². The Balaban J connectivity index is 1.10. The van der Waals surface area contributed by atoms with Crippen LogP contribution in [0.15, 0.2) is 24.3 Å². The number of piperidine rings is 1. The van der Waals surface area contributed by atoms with E-state index in [2.05, 4.69) is 28.0 Å². The second-order valence-electron chi connectivity index (χ2n) is 11.6. The van der Waals surface area contributed by atoms with Crippen LogP contribution in [-0.4, -0.2) is 78.5 Å². The largest absolute Gasteiger partial charge is 0.493 e. The fraction of sp³-hybridized carbons (Fsp3) is 0.741. The van der Waals surface area contributed by atoms with E-state index >= 15 is 0 Å². The molecule has 0 aromatic heterocycles. The molecule has 0 bridgehead atoms. The van der Waals surface area contributed by atoms with Crippen LogP contribution in [0.4, 0.5) is 0 Å². The monoisotopic (exact) mass is 456 g/mol. The second-order valence-corrected chi connectivity index (χ2v) is 11.6. The molecule has 3 heterocycles. The molecule has 1 atom stereocenters. The van der Waals surface area contributed by atoms with Gasteiger partial charge in [0.2, 0.25) is 5.91 Å². The zero-order valence-electron chi connectivity index (χ0n) is 20.3. The van der Waals surface area contributed by atoms with E-state index in [9.17, 15) is 9.90 Å². The van der Waals surface area contributed by atoms with Gasteiger partial charge in [0.25, 0.3) is 0 Å². The van der Waals surface area contributed by atoms with Gasteiger partial charge >= 0.3 is 0 Å². The van der Waals surface area contributed by atoms with Crippen molar-refractivity contribution in [1.82, 2.24) is 9.80 Å². The summed E-state index contributed by atoms with van der Waals surface area (Å²) in [6, 6.07) is 9.13. The number of amides is 1. The van der Waals surface area contributed by atoms with E-state index < -0.39 is 5.60 Å². The fourth-order valence-corrected chi connectivity index (χ4v) is 6.27. The average Bonchev–Trinajstić information content (AvgIpc) is 3.17. The molecule has 1 aromatic rings. The lowest BCUT2D eigenvalue weighted by atomic mass is 9.77. The van der Waals surface area contributed by atoms with Gasteiger partial charge in [0.1, 0.15) is 5.75 Å². The third-order valence-electron chi connectivity index (χ3n) is 8.40. The summed E-state index contributed by atoms with van der Waals surface area (Å²) >= 11 is 0. The Morgan fingerprint density at radius 3 is 2.58 bits per heavy atom. The van der Waals surface area contributed by atoms with Crippen molar-refractivity contribution in [3.63, 3.8) is 0 Å². The van der Waals surface area contributed by atoms with Crippen LogP contribution >= 0.6 is 0 Å². The first-order valence-electron chi connectivity index (χ1n) is 12.9. The Bertz CT molecular complexity index is 833. The highest BCUT2D eigenvalue weighted by molar-refractivity contribution is 5.80. The normalized spacial score (nSPS) is 26.3. The van der Waals surface area contributed by atoms with Gasteiger partial charge in [-0.2, -0.15) is 0 Å². The summed E-state index contributed by atoms with van der Waals surface area (Å²) in [5.41, 5.74) is 1.00. The van der Waals surface area contributed by atoms with Crippen molar-refractivity contribution in [2.45, 2.75) is 69.9 Å². The van der Waals surface area contributed by atoms with E-state index in [0.717, 1.165) is 31.9 Å². The number of carbonyl (C=O) groups is 1.